The standard InChI is InChI=1S/C10H13F2N3O2/c11-4-8(12)6-17-9-3-7(1-2-14-9)5-15-10(13)16/h1-3,8H,4-6H2,(H3,13,15,16). The lowest BCUT2D eigenvalue weighted by Crippen LogP contribution is -2.28. The fraction of sp³-hybridized carbons (Fsp3) is 0.400. The zero-order chi connectivity index (χ0) is 12.7. The number of nitrogens with zero attached hydrogens (tertiary/aromatic N) is 1. The van der Waals surface area contributed by atoms with Gasteiger partial charge in [0.25, 0.3) is 0 Å². The summed E-state index contributed by atoms with van der Waals surface area (Å²) in [5.74, 6) is 0.171. The molecule has 7 heteroatoms. The first-order valence-corrected chi connectivity index (χ1v) is 4.93. The predicted octanol–water partition coefficient (Wildman–Crippen LogP) is 0.936. The Kier molecular flexibility index (Phi) is 5.12. The topological polar surface area (TPSA) is 77.2 Å². The van der Waals surface area contributed by atoms with Gasteiger partial charge in [-0.25, -0.2) is 18.6 Å². The van der Waals surface area contributed by atoms with E-state index in [4.69, 9.17) is 10.5 Å². The molecule has 0 aliphatic heterocycles. The monoisotopic (exact) mass is 245 g/mol. The maximum atomic E-state index is 12.6. The van der Waals surface area contributed by atoms with Crippen molar-refractivity contribution < 1.29 is 18.3 Å². The summed E-state index contributed by atoms with van der Waals surface area (Å²) >= 11 is 0. The first-order valence-electron chi connectivity index (χ1n) is 4.93. The summed E-state index contributed by atoms with van der Waals surface area (Å²) in [6.07, 6.45) is -0.222. The van der Waals surface area contributed by atoms with E-state index < -0.39 is 25.5 Å². The number of hydrogen-bond donors (Lipinski definition) is 2. The van der Waals surface area contributed by atoms with Gasteiger partial charge in [0.2, 0.25) is 5.88 Å². The van der Waals surface area contributed by atoms with Gasteiger partial charge in [-0.15, -0.1) is 0 Å². The molecule has 0 fully saturated rings. The summed E-state index contributed by atoms with van der Waals surface area (Å²) in [6, 6.07) is 2.51. The van der Waals surface area contributed by atoms with Crippen molar-refractivity contribution in [1.29, 1.82) is 0 Å². The maximum Gasteiger partial charge on any atom is 0.312 e. The molecule has 3 N–H and O–H groups in total. The second kappa shape index (κ2) is 6.62. The molecule has 1 unspecified atom stereocenters. The van der Waals surface area contributed by atoms with Crippen LogP contribution in [0.25, 0.3) is 0 Å². The van der Waals surface area contributed by atoms with Gasteiger partial charge < -0.3 is 15.8 Å². The number of hydrogen-bond acceptors (Lipinski definition) is 3. The van der Waals surface area contributed by atoms with Gasteiger partial charge in [-0.3, -0.25) is 0 Å². The number of alkyl halides is 2. The fourth-order valence-electron chi connectivity index (χ4n) is 1.05. The van der Waals surface area contributed by atoms with Crippen LogP contribution in [0.2, 0.25) is 0 Å². The van der Waals surface area contributed by atoms with Crippen molar-refractivity contribution in [3.8, 4) is 5.88 Å². The molecular weight excluding hydrogens is 232 g/mol. The van der Waals surface area contributed by atoms with Gasteiger partial charge in [0.1, 0.15) is 13.3 Å². The van der Waals surface area contributed by atoms with Crippen LogP contribution in [-0.2, 0) is 6.54 Å². The third kappa shape index (κ3) is 5.10. The highest BCUT2D eigenvalue weighted by molar-refractivity contribution is 5.71. The molecule has 94 valence electrons. The molecule has 0 spiro atoms. The minimum Gasteiger partial charge on any atom is -0.474 e. The van der Waals surface area contributed by atoms with Crippen LogP contribution in [0, 0.1) is 0 Å². The minimum atomic E-state index is -1.66. The smallest absolute Gasteiger partial charge is 0.312 e. The van der Waals surface area contributed by atoms with Crippen LogP contribution in [0.1, 0.15) is 5.56 Å². The molecule has 17 heavy (non-hydrogen) atoms. The summed E-state index contributed by atoms with van der Waals surface area (Å²) in [5.41, 5.74) is 5.61. The first-order chi connectivity index (χ1) is 8.11. The van der Waals surface area contributed by atoms with Crippen molar-refractivity contribution >= 4 is 6.03 Å². The number of rotatable bonds is 6. The van der Waals surface area contributed by atoms with Crippen molar-refractivity contribution in [3.05, 3.63) is 23.9 Å². The van der Waals surface area contributed by atoms with Gasteiger partial charge in [-0.1, -0.05) is 0 Å². The van der Waals surface area contributed by atoms with Gasteiger partial charge in [-0.2, -0.15) is 0 Å². The second-order valence-corrected chi connectivity index (χ2v) is 3.28. The first kappa shape index (κ1) is 13.1. The summed E-state index contributed by atoms with van der Waals surface area (Å²) in [4.78, 5) is 14.3. The number of nitrogens with two attached hydrogens (primary N) is 1. The maximum absolute atomic E-state index is 12.6. The number of ether oxygens (including phenoxy) is 1. The fourth-order valence-corrected chi connectivity index (χ4v) is 1.05. The zero-order valence-electron chi connectivity index (χ0n) is 9.03. The molecule has 1 rings (SSSR count). The molecule has 1 aromatic heterocycles. The molecule has 0 saturated heterocycles. The number of halogens is 2. The van der Waals surface area contributed by atoms with Crippen LogP contribution in [-0.4, -0.2) is 30.5 Å². The Balaban J connectivity index is 2.50. The van der Waals surface area contributed by atoms with Gasteiger partial charge in [0.15, 0.2) is 6.17 Å². The van der Waals surface area contributed by atoms with Crippen molar-refractivity contribution in [3.63, 3.8) is 0 Å². The normalized spacial score (nSPS) is 11.9. The number of nitrogens with one attached hydrogen (secondary N) is 1. The largest absolute Gasteiger partial charge is 0.474 e. The number of amides is 2. The lowest BCUT2D eigenvalue weighted by molar-refractivity contribution is 0.162. The van der Waals surface area contributed by atoms with E-state index in [9.17, 15) is 13.6 Å². The van der Waals surface area contributed by atoms with E-state index in [1.807, 2.05) is 0 Å². The number of carbonyl (C=O) groups excluding carboxylic acids is 1. The Labute approximate surface area is 97.0 Å². The van der Waals surface area contributed by atoms with Crippen LogP contribution in [0.3, 0.4) is 0 Å². The Bertz CT molecular complexity index is 376. The van der Waals surface area contributed by atoms with E-state index in [2.05, 4.69) is 10.3 Å². The van der Waals surface area contributed by atoms with Crippen molar-refractivity contribution in [2.75, 3.05) is 13.3 Å². The third-order valence-corrected chi connectivity index (χ3v) is 1.85. The predicted molar refractivity (Wildman–Crippen MR) is 57.0 cm³/mol. The highest BCUT2D eigenvalue weighted by Gasteiger charge is 2.07. The van der Waals surface area contributed by atoms with Gasteiger partial charge in [0, 0.05) is 18.8 Å². The van der Waals surface area contributed by atoms with E-state index in [1.165, 1.54) is 12.3 Å². The number of primary amides is 1. The van der Waals surface area contributed by atoms with Crippen molar-refractivity contribution in [1.82, 2.24) is 10.3 Å². The molecular formula is C10H13F2N3O2. The van der Waals surface area contributed by atoms with E-state index >= 15 is 0 Å². The van der Waals surface area contributed by atoms with Crippen LogP contribution in [0.5, 0.6) is 5.88 Å². The molecule has 0 aromatic carbocycles. The van der Waals surface area contributed by atoms with Crippen molar-refractivity contribution in [2.24, 2.45) is 5.73 Å². The van der Waals surface area contributed by atoms with E-state index in [0.717, 1.165) is 0 Å². The highest BCUT2D eigenvalue weighted by atomic mass is 19.2. The highest BCUT2D eigenvalue weighted by Crippen LogP contribution is 2.10. The summed E-state index contributed by atoms with van der Waals surface area (Å²) < 4.78 is 29.3. The molecule has 1 atom stereocenters. The van der Waals surface area contributed by atoms with Crippen LogP contribution in [0.15, 0.2) is 18.3 Å². The second-order valence-electron chi connectivity index (χ2n) is 3.28. The molecule has 0 aliphatic rings. The number of pyridine rings is 1. The van der Waals surface area contributed by atoms with Gasteiger partial charge in [0.05, 0.1) is 0 Å². The number of aromatic nitrogens is 1. The molecule has 0 aliphatic carbocycles. The number of carbonyl (C=O) groups is 1. The minimum absolute atomic E-state index is 0.171. The van der Waals surface area contributed by atoms with E-state index in [0.29, 0.717) is 5.56 Å². The molecule has 1 aromatic rings. The number of urea groups is 1. The van der Waals surface area contributed by atoms with Crippen LogP contribution < -0.4 is 15.8 Å². The average Bonchev–Trinajstić information content (AvgIpc) is 2.34. The lowest BCUT2D eigenvalue weighted by atomic mass is 10.2. The third-order valence-electron chi connectivity index (χ3n) is 1.85. The summed E-state index contributed by atoms with van der Waals surface area (Å²) in [5, 5.41) is 2.39. The van der Waals surface area contributed by atoms with E-state index in [-0.39, 0.29) is 12.4 Å². The Hall–Kier alpha value is -1.92. The molecule has 0 saturated carbocycles. The molecule has 0 radical (unpaired) electrons. The quantitative estimate of drug-likeness (QED) is 0.782. The van der Waals surface area contributed by atoms with Crippen molar-refractivity contribution in [2.45, 2.75) is 12.7 Å². The molecule has 5 nitrogen and oxygen atoms in total. The Morgan fingerprint density at radius 2 is 2.41 bits per heavy atom. The Morgan fingerprint density at radius 3 is 3.06 bits per heavy atom. The summed E-state index contributed by atoms with van der Waals surface area (Å²) in [7, 11) is 0. The van der Waals surface area contributed by atoms with Crippen LogP contribution >= 0.6 is 0 Å². The average molecular weight is 245 g/mol. The SMILES string of the molecule is NC(=O)NCc1ccnc(OCC(F)CF)c1. The molecule has 1 heterocycles. The van der Waals surface area contributed by atoms with Gasteiger partial charge >= 0.3 is 6.03 Å². The lowest BCUT2D eigenvalue weighted by Gasteiger charge is -2.08. The van der Waals surface area contributed by atoms with Crippen LogP contribution in [0.4, 0.5) is 13.6 Å². The molecule has 2 amide bonds. The van der Waals surface area contributed by atoms with E-state index in [1.54, 1.807) is 6.07 Å². The molecule has 0 bridgehead atoms. The van der Waals surface area contributed by atoms with Gasteiger partial charge in [-0.05, 0) is 11.6 Å². The zero-order valence-corrected chi connectivity index (χ0v) is 9.03. The summed E-state index contributed by atoms with van der Waals surface area (Å²) in [6.45, 7) is -1.27. The Morgan fingerprint density at radius 1 is 1.65 bits per heavy atom.